The quantitative estimate of drug-likeness (QED) is 0.924. The Labute approximate surface area is 103 Å². The Balaban J connectivity index is 2.11. The van der Waals surface area contributed by atoms with Gasteiger partial charge in [0.1, 0.15) is 5.82 Å². The van der Waals surface area contributed by atoms with Crippen LogP contribution in [-0.4, -0.2) is 29.2 Å². The lowest BCUT2D eigenvalue weighted by Crippen LogP contribution is -2.31. The second-order valence-corrected chi connectivity index (χ2v) is 4.96. The first-order chi connectivity index (χ1) is 7.72. The van der Waals surface area contributed by atoms with Crippen molar-refractivity contribution in [3.05, 3.63) is 34.1 Å². The minimum absolute atomic E-state index is 0.187. The van der Waals surface area contributed by atoms with E-state index in [1.807, 2.05) is 6.07 Å². The van der Waals surface area contributed by atoms with Crippen LogP contribution in [0, 0.1) is 5.82 Å². The van der Waals surface area contributed by atoms with Crippen molar-refractivity contribution in [2.45, 2.75) is 25.4 Å². The van der Waals surface area contributed by atoms with Gasteiger partial charge in [0, 0.05) is 12.6 Å². The smallest absolute Gasteiger partial charge is 0.137 e. The Morgan fingerprint density at radius 1 is 1.50 bits per heavy atom. The van der Waals surface area contributed by atoms with Crippen molar-refractivity contribution in [2.75, 3.05) is 13.2 Å². The van der Waals surface area contributed by atoms with Crippen LogP contribution < -0.4 is 0 Å². The van der Waals surface area contributed by atoms with E-state index in [9.17, 15) is 9.50 Å². The molecule has 88 valence electrons. The average molecular weight is 288 g/mol. The standard InChI is InChI=1S/C12H15BrFNO/c13-12-9(3-1-5-11(12)14)7-15-6-2-4-10(15)8-16/h1,3,5,10,16H,2,4,6-8H2/t10-/m0/s1. The maximum absolute atomic E-state index is 13.3. The first-order valence-electron chi connectivity index (χ1n) is 5.50. The van der Waals surface area contributed by atoms with Crippen molar-refractivity contribution in [1.82, 2.24) is 4.90 Å². The molecule has 1 aromatic carbocycles. The lowest BCUT2D eigenvalue weighted by molar-refractivity contribution is 0.153. The predicted octanol–water partition coefficient (Wildman–Crippen LogP) is 2.54. The number of benzene rings is 1. The molecule has 0 bridgehead atoms. The van der Waals surface area contributed by atoms with Crippen LogP contribution in [0.5, 0.6) is 0 Å². The molecule has 4 heteroatoms. The zero-order valence-corrected chi connectivity index (χ0v) is 10.6. The molecule has 0 aromatic heterocycles. The Hall–Kier alpha value is -0.450. The fourth-order valence-electron chi connectivity index (χ4n) is 2.20. The minimum atomic E-state index is -0.225. The normalized spacial score (nSPS) is 21.6. The van der Waals surface area contributed by atoms with Crippen molar-refractivity contribution in [3.8, 4) is 0 Å². The van der Waals surface area contributed by atoms with E-state index in [1.165, 1.54) is 6.07 Å². The summed E-state index contributed by atoms with van der Waals surface area (Å²) in [6, 6.07) is 5.32. The Kier molecular flexibility index (Phi) is 3.95. The highest BCUT2D eigenvalue weighted by atomic mass is 79.9. The van der Waals surface area contributed by atoms with Crippen LogP contribution in [0.3, 0.4) is 0 Å². The van der Waals surface area contributed by atoms with E-state index in [1.54, 1.807) is 6.07 Å². The van der Waals surface area contributed by atoms with E-state index in [0.717, 1.165) is 24.9 Å². The van der Waals surface area contributed by atoms with E-state index in [4.69, 9.17) is 0 Å². The van der Waals surface area contributed by atoms with E-state index in [2.05, 4.69) is 20.8 Å². The average Bonchev–Trinajstić information content (AvgIpc) is 2.72. The molecule has 1 N–H and O–H groups in total. The third-order valence-electron chi connectivity index (χ3n) is 3.11. The van der Waals surface area contributed by atoms with E-state index >= 15 is 0 Å². The molecule has 16 heavy (non-hydrogen) atoms. The first-order valence-corrected chi connectivity index (χ1v) is 6.29. The summed E-state index contributed by atoms with van der Waals surface area (Å²) >= 11 is 3.27. The van der Waals surface area contributed by atoms with Crippen molar-refractivity contribution in [1.29, 1.82) is 0 Å². The van der Waals surface area contributed by atoms with Crippen LogP contribution in [-0.2, 0) is 6.54 Å². The fourth-order valence-corrected chi connectivity index (χ4v) is 2.59. The summed E-state index contributed by atoms with van der Waals surface area (Å²) in [5.41, 5.74) is 0.945. The number of rotatable bonds is 3. The van der Waals surface area contributed by atoms with Gasteiger partial charge >= 0.3 is 0 Å². The van der Waals surface area contributed by atoms with Gasteiger partial charge in [-0.1, -0.05) is 12.1 Å². The van der Waals surface area contributed by atoms with Crippen LogP contribution in [0.1, 0.15) is 18.4 Å². The van der Waals surface area contributed by atoms with Gasteiger partial charge in [-0.2, -0.15) is 0 Å². The Morgan fingerprint density at radius 2 is 2.31 bits per heavy atom. The third-order valence-corrected chi connectivity index (χ3v) is 4.00. The van der Waals surface area contributed by atoms with E-state index < -0.39 is 0 Å². The van der Waals surface area contributed by atoms with Crippen molar-refractivity contribution in [3.63, 3.8) is 0 Å². The van der Waals surface area contributed by atoms with Gasteiger partial charge in [0.2, 0.25) is 0 Å². The van der Waals surface area contributed by atoms with Crippen LogP contribution in [0.25, 0.3) is 0 Å². The van der Waals surface area contributed by atoms with E-state index in [-0.39, 0.29) is 18.5 Å². The molecule has 0 radical (unpaired) electrons. The molecule has 1 saturated heterocycles. The molecule has 1 atom stereocenters. The number of nitrogens with zero attached hydrogens (tertiary/aromatic N) is 1. The van der Waals surface area contributed by atoms with Crippen LogP contribution in [0.4, 0.5) is 4.39 Å². The largest absolute Gasteiger partial charge is 0.395 e. The zero-order chi connectivity index (χ0) is 11.5. The summed E-state index contributed by atoms with van der Waals surface area (Å²) in [5, 5.41) is 9.21. The molecule has 1 fully saturated rings. The van der Waals surface area contributed by atoms with Crippen molar-refractivity contribution < 1.29 is 9.50 Å². The maximum Gasteiger partial charge on any atom is 0.137 e. The Morgan fingerprint density at radius 3 is 3.06 bits per heavy atom. The van der Waals surface area contributed by atoms with Gasteiger partial charge in [-0.15, -0.1) is 0 Å². The number of aliphatic hydroxyl groups excluding tert-OH is 1. The maximum atomic E-state index is 13.3. The van der Waals surface area contributed by atoms with Gasteiger partial charge in [-0.3, -0.25) is 4.90 Å². The molecule has 0 aliphatic carbocycles. The van der Waals surface area contributed by atoms with Gasteiger partial charge < -0.3 is 5.11 Å². The van der Waals surface area contributed by atoms with Crippen LogP contribution >= 0.6 is 15.9 Å². The van der Waals surface area contributed by atoms with Gasteiger partial charge in [0.05, 0.1) is 11.1 Å². The number of hydrogen-bond acceptors (Lipinski definition) is 2. The van der Waals surface area contributed by atoms with Crippen molar-refractivity contribution in [2.24, 2.45) is 0 Å². The highest BCUT2D eigenvalue weighted by Crippen LogP contribution is 2.25. The lowest BCUT2D eigenvalue weighted by Gasteiger charge is -2.23. The molecule has 0 saturated carbocycles. The molecule has 2 rings (SSSR count). The number of aliphatic hydroxyl groups is 1. The number of likely N-dealkylation sites (tertiary alicyclic amines) is 1. The second kappa shape index (κ2) is 5.25. The fraction of sp³-hybridized carbons (Fsp3) is 0.500. The molecule has 1 aliphatic rings. The molecule has 0 unspecified atom stereocenters. The minimum Gasteiger partial charge on any atom is -0.395 e. The SMILES string of the molecule is OC[C@@H]1CCCN1Cc1cccc(F)c1Br. The summed E-state index contributed by atoms with van der Waals surface area (Å²) in [6.07, 6.45) is 2.14. The summed E-state index contributed by atoms with van der Waals surface area (Å²) in [6.45, 7) is 1.87. The van der Waals surface area contributed by atoms with Crippen LogP contribution in [0.2, 0.25) is 0 Å². The van der Waals surface area contributed by atoms with Gasteiger partial charge in [0.15, 0.2) is 0 Å². The molecule has 1 heterocycles. The number of hydrogen-bond donors (Lipinski definition) is 1. The van der Waals surface area contributed by atoms with Crippen LogP contribution in [0.15, 0.2) is 22.7 Å². The Bertz CT molecular complexity index is 372. The van der Waals surface area contributed by atoms with E-state index in [0.29, 0.717) is 11.0 Å². The van der Waals surface area contributed by atoms with Crippen molar-refractivity contribution >= 4 is 15.9 Å². The van der Waals surface area contributed by atoms with Gasteiger partial charge in [-0.25, -0.2) is 4.39 Å². The monoisotopic (exact) mass is 287 g/mol. The number of halogens is 2. The molecule has 0 amide bonds. The molecule has 0 spiro atoms. The topological polar surface area (TPSA) is 23.5 Å². The summed E-state index contributed by atoms with van der Waals surface area (Å²) in [4.78, 5) is 2.21. The highest BCUT2D eigenvalue weighted by molar-refractivity contribution is 9.10. The summed E-state index contributed by atoms with van der Waals surface area (Å²) in [7, 11) is 0. The molecule has 1 aromatic rings. The third kappa shape index (κ3) is 2.44. The molecular formula is C12H15BrFNO. The predicted molar refractivity (Wildman–Crippen MR) is 64.6 cm³/mol. The summed E-state index contributed by atoms with van der Waals surface area (Å²) < 4.78 is 13.9. The van der Waals surface area contributed by atoms with Gasteiger partial charge in [0.25, 0.3) is 0 Å². The molecular weight excluding hydrogens is 273 g/mol. The first kappa shape index (κ1) is 12.0. The molecule has 2 nitrogen and oxygen atoms in total. The second-order valence-electron chi connectivity index (χ2n) is 4.16. The molecule has 1 aliphatic heterocycles. The lowest BCUT2D eigenvalue weighted by atomic mass is 10.2. The zero-order valence-electron chi connectivity index (χ0n) is 9.00. The highest BCUT2D eigenvalue weighted by Gasteiger charge is 2.24. The summed E-state index contributed by atoms with van der Waals surface area (Å²) in [5.74, 6) is -0.225. The van der Waals surface area contributed by atoms with Gasteiger partial charge in [-0.05, 0) is 46.9 Å².